The molecular weight excluding hydrogens is 238 g/mol. The average molecular weight is 261 g/mol. The Labute approximate surface area is 114 Å². The Morgan fingerprint density at radius 1 is 1.21 bits per heavy atom. The van der Waals surface area contributed by atoms with Crippen molar-refractivity contribution in [3.8, 4) is 0 Å². The van der Waals surface area contributed by atoms with E-state index in [9.17, 15) is 0 Å². The first-order valence-corrected chi connectivity index (χ1v) is 7.14. The van der Waals surface area contributed by atoms with Gasteiger partial charge in [0.05, 0.1) is 5.69 Å². The van der Waals surface area contributed by atoms with E-state index in [0.29, 0.717) is 17.5 Å². The van der Waals surface area contributed by atoms with Crippen molar-refractivity contribution in [3.05, 3.63) is 12.1 Å². The summed E-state index contributed by atoms with van der Waals surface area (Å²) in [7, 11) is 2.27. The Morgan fingerprint density at radius 2 is 1.89 bits per heavy atom. The third kappa shape index (κ3) is 2.47. The van der Waals surface area contributed by atoms with Crippen LogP contribution in [0.1, 0.15) is 32.1 Å². The maximum absolute atomic E-state index is 5.76. The van der Waals surface area contributed by atoms with Crippen LogP contribution in [0.4, 0.5) is 17.3 Å². The maximum atomic E-state index is 5.76. The summed E-state index contributed by atoms with van der Waals surface area (Å²) in [5.41, 5.74) is 12.0. The first-order chi connectivity index (χ1) is 9.13. The van der Waals surface area contributed by atoms with Crippen LogP contribution in [0, 0.1) is 0 Å². The fraction of sp³-hybridized carbons (Fsp3) is 0.643. The minimum Gasteiger partial charge on any atom is -0.396 e. The van der Waals surface area contributed by atoms with Gasteiger partial charge in [-0.3, -0.25) is 0 Å². The number of hydrogen-bond acceptors (Lipinski definition) is 5. The predicted octanol–water partition coefficient (Wildman–Crippen LogP) is 1.67. The van der Waals surface area contributed by atoms with Gasteiger partial charge in [0.1, 0.15) is 11.6 Å². The van der Waals surface area contributed by atoms with Crippen molar-refractivity contribution >= 4 is 17.3 Å². The van der Waals surface area contributed by atoms with Crippen LogP contribution >= 0.6 is 0 Å². The van der Waals surface area contributed by atoms with Gasteiger partial charge in [-0.05, 0) is 44.9 Å². The van der Waals surface area contributed by atoms with Crippen LogP contribution in [0.15, 0.2) is 12.1 Å². The summed E-state index contributed by atoms with van der Waals surface area (Å²) >= 11 is 0. The lowest BCUT2D eigenvalue weighted by Crippen LogP contribution is -2.52. The van der Waals surface area contributed by atoms with Crippen molar-refractivity contribution in [2.24, 2.45) is 0 Å². The molecule has 5 heteroatoms. The number of nitrogens with zero attached hydrogens (tertiary/aromatic N) is 2. The van der Waals surface area contributed by atoms with Gasteiger partial charge in [-0.1, -0.05) is 6.42 Å². The molecule has 2 aliphatic heterocycles. The van der Waals surface area contributed by atoms with Crippen molar-refractivity contribution in [2.45, 2.75) is 50.2 Å². The highest BCUT2D eigenvalue weighted by Crippen LogP contribution is 2.33. The lowest BCUT2D eigenvalue weighted by molar-refractivity contribution is 0.0608. The van der Waals surface area contributed by atoms with Crippen LogP contribution in [0.3, 0.4) is 0 Å². The van der Waals surface area contributed by atoms with Gasteiger partial charge in [-0.2, -0.15) is 0 Å². The SMILES string of the molecule is CN1C2CCCC1CC(Nc1ccc(N)c(N)n1)C2. The van der Waals surface area contributed by atoms with E-state index in [4.69, 9.17) is 11.5 Å². The van der Waals surface area contributed by atoms with Gasteiger partial charge in [0.25, 0.3) is 0 Å². The lowest BCUT2D eigenvalue weighted by Gasteiger charge is -2.47. The fourth-order valence-electron chi connectivity index (χ4n) is 3.51. The number of piperidine rings is 2. The Balaban J connectivity index is 1.69. The highest BCUT2D eigenvalue weighted by Gasteiger charge is 2.35. The van der Waals surface area contributed by atoms with E-state index in [1.165, 1.54) is 32.1 Å². The van der Waals surface area contributed by atoms with Gasteiger partial charge in [-0.15, -0.1) is 0 Å². The number of fused-ring (bicyclic) bond motifs is 2. The van der Waals surface area contributed by atoms with Crippen LogP contribution < -0.4 is 16.8 Å². The normalized spacial score (nSPS) is 31.1. The summed E-state index contributed by atoms with van der Waals surface area (Å²) in [5.74, 6) is 1.26. The highest BCUT2D eigenvalue weighted by molar-refractivity contribution is 5.61. The minimum absolute atomic E-state index is 0.415. The summed E-state index contributed by atoms with van der Waals surface area (Å²) in [6.45, 7) is 0. The topological polar surface area (TPSA) is 80.2 Å². The van der Waals surface area contributed by atoms with E-state index in [2.05, 4.69) is 22.2 Å². The molecule has 0 aromatic carbocycles. The minimum atomic E-state index is 0.415. The molecule has 3 rings (SSSR count). The van der Waals surface area contributed by atoms with Gasteiger partial charge in [0.2, 0.25) is 0 Å². The number of nitrogens with one attached hydrogen (secondary N) is 1. The number of pyridine rings is 1. The van der Waals surface area contributed by atoms with Gasteiger partial charge < -0.3 is 21.7 Å². The number of anilines is 3. The third-order valence-corrected chi connectivity index (χ3v) is 4.65. The third-order valence-electron chi connectivity index (χ3n) is 4.65. The van der Waals surface area contributed by atoms with E-state index in [0.717, 1.165) is 17.9 Å². The molecule has 2 atom stereocenters. The van der Waals surface area contributed by atoms with Crippen molar-refractivity contribution in [1.82, 2.24) is 9.88 Å². The van der Waals surface area contributed by atoms with Gasteiger partial charge >= 0.3 is 0 Å². The Morgan fingerprint density at radius 3 is 2.53 bits per heavy atom. The molecule has 2 unspecified atom stereocenters. The average Bonchev–Trinajstić information content (AvgIpc) is 2.35. The molecule has 0 aliphatic carbocycles. The standard InChI is InChI=1S/C14H23N5/c1-19-10-3-2-4-11(19)8-9(7-10)17-13-6-5-12(15)14(16)18-13/h5-6,9-11H,2-4,7-8,15H2,1H3,(H3,16,17,18). The molecule has 1 aromatic heterocycles. The molecule has 1 aromatic rings. The fourth-order valence-corrected chi connectivity index (χ4v) is 3.51. The zero-order valence-electron chi connectivity index (χ0n) is 11.5. The van der Waals surface area contributed by atoms with Crippen LogP contribution in [-0.4, -0.2) is 35.1 Å². The summed E-state index contributed by atoms with van der Waals surface area (Å²) in [4.78, 5) is 6.87. The van der Waals surface area contributed by atoms with E-state index in [1.54, 1.807) is 0 Å². The Kier molecular flexibility index (Phi) is 3.22. The number of nitrogen functional groups attached to an aromatic ring is 2. The summed E-state index contributed by atoms with van der Waals surface area (Å²) in [5, 5.41) is 3.52. The van der Waals surface area contributed by atoms with Crippen LogP contribution in [0.5, 0.6) is 0 Å². The molecule has 19 heavy (non-hydrogen) atoms. The van der Waals surface area contributed by atoms with Gasteiger partial charge in [-0.25, -0.2) is 4.98 Å². The van der Waals surface area contributed by atoms with Crippen LogP contribution in [0.2, 0.25) is 0 Å². The van der Waals surface area contributed by atoms with E-state index in [-0.39, 0.29) is 0 Å². The molecular formula is C14H23N5. The molecule has 2 fully saturated rings. The molecule has 2 aliphatic rings. The van der Waals surface area contributed by atoms with E-state index in [1.807, 2.05) is 12.1 Å². The monoisotopic (exact) mass is 261 g/mol. The number of hydrogen-bond donors (Lipinski definition) is 3. The second kappa shape index (κ2) is 4.89. The van der Waals surface area contributed by atoms with E-state index < -0.39 is 0 Å². The molecule has 0 radical (unpaired) electrons. The van der Waals surface area contributed by atoms with Crippen LogP contribution in [-0.2, 0) is 0 Å². The first kappa shape index (κ1) is 12.5. The zero-order valence-corrected chi connectivity index (χ0v) is 11.5. The first-order valence-electron chi connectivity index (χ1n) is 7.14. The lowest BCUT2D eigenvalue weighted by atomic mass is 9.82. The molecule has 5 N–H and O–H groups in total. The van der Waals surface area contributed by atoms with Gasteiger partial charge in [0, 0.05) is 18.1 Å². The van der Waals surface area contributed by atoms with Crippen molar-refractivity contribution < 1.29 is 0 Å². The zero-order chi connectivity index (χ0) is 13.4. The molecule has 3 heterocycles. The highest BCUT2D eigenvalue weighted by atomic mass is 15.2. The van der Waals surface area contributed by atoms with E-state index >= 15 is 0 Å². The molecule has 0 amide bonds. The van der Waals surface area contributed by atoms with Crippen molar-refractivity contribution in [1.29, 1.82) is 0 Å². The Hall–Kier alpha value is -1.49. The summed E-state index contributed by atoms with van der Waals surface area (Å²) < 4.78 is 0. The number of rotatable bonds is 2. The quantitative estimate of drug-likeness (QED) is 0.754. The second-order valence-electron chi connectivity index (χ2n) is 5.89. The van der Waals surface area contributed by atoms with Crippen molar-refractivity contribution in [3.63, 3.8) is 0 Å². The summed E-state index contributed by atoms with van der Waals surface area (Å²) in [6, 6.07) is 5.68. The molecule has 0 spiro atoms. The number of aromatic nitrogens is 1. The second-order valence-corrected chi connectivity index (χ2v) is 5.89. The molecule has 104 valence electrons. The smallest absolute Gasteiger partial charge is 0.149 e. The Bertz CT molecular complexity index is 447. The van der Waals surface area contributed by atoms with Crippen molar-refractivity contribution in [2.75, 3.05) is 23.8 Å². The molecule has 0 saturated carbocycles. The largest absolute Gasteiger partial charge is 0.396 e. The van der Waals surface area contributed by atoms with Crippen LogP contribution in [0.25, 0.3) is 0 Å². The number of nitrogens with two attached hydrogens (primary N) is 2. The molecule has 2 saturated heterocycles. The summed E-state index contributed by atoms with van der Waals surface area (Å²) in [6.07, 6.45) is 6.41. The molecule has 5 nitrogen and oxygen atoms in total. The van der Waals surface area contributed by atoms with Gasteiger partial charge in [0.15, 0.2) is 0 Å². The molecule has 2 bridgehead atoms. The predicted molar refractivity (Wildman–Crippen MR) is 78.9 cm³/mol. The maximum Gasteiger partial charge on any atom is 0.149 e.